The minimum Gasteiger partial charge on any atom is -0.544 e. The number of carbonyl (C=O) groups is 1. The summed E-state index contributed by atoms with van der Waals surface area (Å²) >= 11 is 0. The molecule has 0 atom stereocenters. The van der Waals surface area contributed by atoms with Crippen LogP contribution in [-0.2, 0) is 11.2 Å². The summed E-state index contributed by atoms with van der Waals surface area (Å²) in [6.07, 6.45) is 2.36. The zero-order valence-corrected chi connectivity index (χ0v) is 17.0. The highest BCUT2D eigenvalue weighted by Gasteiger charge is 2.38. The Morgan fingerprint density at radius 3 is 2.36 bits per heavy atom. The van der Waals surface area contributed by atoms with Gasteiger partial charge in [-0.15, -0.1) is 0 Å². The van der Waals surface area contributed by atoms with Gasteiger partial charge in [-0.25, -0.2) is 4.68 Å². The molecule has 0 spiro atoms. The van der Waals surface area contributed by atoms with E-state index in [0.717, 1.165) is 22.7 Å². The Morgan fingerprint density at radius 1 is 1.24 bits per heavy atom. The summed E-state index contributed by atoms with van der Waals surface area (Å²) in [5.74, 6) is 0.0885. The van der Waals surface area contributed by atoms with E-state index in [1.54, 1.807) is 6.20 Å². The van der Waals surface area contributed by atoms with Gasteiger partial charge in [0.05, 0.1) is 11.9 Å². The largest absolute Gasteiger partial charge is 0.544 e. The molecule has 25 heavy (non-hydrogen) atoms. The first-order valence-electron chi connectivity index (χ1n) is 8.56. The Kier molecular flexibility index (Phi) is 5.42. The molecule has 0 aliphatic carbocycles. The van der Waals surface area contributed by atoms with Crippen molar-refractivity contribution in [3.63, 3.8) is 0 Å². The summed E-state index contributed by atoms with van der Waals surface area (Å²) in [6.45, 7) is 13.1. The van der Waals surface area contributed by atoms with Crippen molar-refractivity contribution >= 4 is 14.3 Å². The Morgan fingerprint density at radius 2 is 1.84 bits per heavy atom. The molecule has 0 saturated carbocycles. The number of hydrogen-bond donors (Lipinski definition) is 1. The summed E-state index contributed by atoms with van der Waals surface area (Å²) in [5.41, 5.74) is 2.88. The van der Waals surface area contributed by atoms with Crippen LogP contribution in [0.4, 0.5) is 0 Å². The quantitative estimate of drug-likeness (QED) is 0.766. The van der Waals surface area contributed by atoms with Crippen molar-refractivity contribution < 1.29 is 14.3 Å². The maximum atomic E-state index is 10.7. The van der Waals surface area contributed by atoms with Gasteiger partial charge in [0.15, 0.2) is 0 Å². The van der Waals surface area contributed by atoms with Crippen LogP contribution in [0.15, 0.2) is 30.5 Å². The number of hydrogen-bond acceptors (Lipinski definition) is 3. The lowest BCUT2D eigenvalue weighted by Crippen LogP contribution is -2.43. The summed E-state index contributed by atoms with van der Waals surface area (Å²) in [4.78, 5) is 10.7. The van der Waals surface area contributed by atoms with Gasteiger partial charge in [-0.1, -0.05) is 20.8 Å². The van der Waals surface area contributed by atoms with Crippen LogP contribution < -0.4 is 4.43 Å². The zero-order chi connectivity index (χ0) is 18.8. The molecule has 0 unspecified atom stereocenters. The summed E-state index contributed by atoms with van der Waals surface area (Å²) in [7, 11) is -1.85. The molecule has 2 rings (SSSR count). The van der Waals surface area contributed by atoms with E-state index >= 15 is 0 Å². The highest BCUT2D eigenvalue weighted by molar-refractivity contribution is 6.74. The normalized spacial score (nSPS) is 12.2. The first-order valence-corrected chi connectivity index (χ1v) is 11.5. The van der Waals surface area contributed by atoms with Crippen LogP contribution >= 0.6 is 0 Å². The first kappa shape index (κ1) is 19.2. The summed E-state index contributed by atoms with van der Waals surface area (Å²) in [5, 5.41) is 13.4. The number of nitrogens with zero attached hydrogens (tertiary/aromatic N) is 2. The fourth-order valence-electron chi connectivity index (χ4n) is 2.29. The van der Waals surface area contributed by atoms with Crippen molar-refractivity contribution in [3.8, 4) is 11.4 Å². The lowest BCUT2D eigenvalue weighted by atomic mass is 10.1. The molecular weight excluding hydrogens is 332 g/mol. The van der Waals surface area contributed by atoms with Gasteiger partial charge in [-0.05, 0) is 61.3 Å². The van der Waals surface area contributed by atoms with Crippen LogP contribution in [0.25, 0.3) is 5.69 Å². The van der Waals surface area contributed by atoms with Crippen LogP contribution in [0.3, 0.4) is 0 Å². The van der Waals surface area contributed by atoms with E-state index in [4.69, 9.17) is 9.53 Å². The molecule has 1 N–H and O–H groups in total. The third-order valence-electron chi connectivity index (χ3n) is 4.98. The van der Waals surface area contributed by atoms with Crippen molar-refractivity contribution in [2.75, 3.05) is 0 Å². The van der Waals surface area contributed by atoms with E-state index in [1.807, 2.05) is 35.9 Å². The van der Waals surface area contributed by atoms with Crippen LogP contribution in [0, 0.1) is 6.92 Å². The number of aliphatic carboxylic acids is 1. The van der Waals surface area contributed by atoms with Crippen molar-refractivity contribution in [2.24, 2.45) is 0 Å². The Balaban J connectivity index is 2.17. The highest BCUT2D eigenvalue weighted by Crippen LogP contribution is 2.37. The Labute approximate surface area is 150 Å². The van der Waals surface area contributed by atoms with E-state index in [1.165, 1.54) is 0 Å². The molecular formula is C19H28N2O3Si. The van der Waals surface area contributed by atoms with Gasteiger partial charge in [0, 0.05) is 12.1 Å². The fraction of sp³-hybridized carbons (Fsp3) is 0.474. The van der Waals surface area contributed by atoms with E-state index in [-0.39, 0.29) is 11.5 Å². The molecule has 6 heteroatoms. The molecule has 136 valence electrons. The topological polar surface area (TPSA) is 64.3 Å². The van der Waals surface area contributed by atoms with Gasteiger partial charge in [0.25, 0.3) is 0 Å². The standard InChI is InChI=1S/C19H28N2O3Si/c1-14-15(7-12-18(22)23)13-20-21(14)16-8-10-17(11-9-16)24-25(5,6)19(2,3)4/h8-11,13H,7,12H2,1-6H3,(H,22,23). The lowest BCUT2D eigenvalue weighted by Gasteiger charge is -2.36. The van der Waals surface area contributed by atoms with Gasteiger partial charge in [0.2, 0.25) is 8.32 Å². The molecule has 1 heterocycles. The van der Waals surface area contributed by atoms with Crippen molar-refractivity contribution in [3.05, 3.63) is 41.7 Å². The lowest BCUT2D eigenvalue weighted by molar-refractivity contribution is -0.136. The maximum absolute atomic E-state index is 10.7. The van der Waals surface area contributed by atoms with E-state index in [2.05, 4.69) is 39.0 Å². The first-order chi connectivity index (χ1) is 11.5. The number of aromatic nitrogens is 2. The number of aryl methyl sites for hydroxylation is 1. The number of rotatable bonds is 6. The SMILES string of the molecule is Cc1c(CCC(=O)O)cnn1-c1ccc(O[Si](C)(C)C(C)(C)C)cc1. The van der Waals surface area contributed by atoms with E-state index < -0.39 is 14.3 Å². The number of carboxylic acids is 1. The molecule has 0 aliphatic rings. The van der Waals surface area contributed by atoms with Gasteiger partial charge < -0.3 is 9.53 Å². The predicted molar refractivity (Wildman–Crippen MR) is 102 cm³/mol. The van der Waals surface area contributed by atoms with Gasteiger partial charge >= 0.3 is 5.97 Å². The van der Waals surface area contributed by atoms with Crippen molar-refractivity contribution in [1.29, 1.82) is 0 Å². The maximum Gasteiger partial charge on any atom is 0.303 e. The third kappa shape index (κ3) is 4.51. The van der Waals surface area contributed by atoms with Gasteiger partial charge in [-0.2, -0.15) is 5.10 Å². The van der Waals surface area contributed by atoms with Gasteiger partial charge in [-0.3, -0.25) is 4.79 Å². The highest BCUT2D eigenvalue weighted by atomic mass is 28.4. The fourth-order valence-corrected chi connectivity index (χ4v) is 3.33. The summed E-state index contributed by atoms with van der Waals surface area (Å²) < 4.78 is 8.14. The molecule has 0 bridgehead atoms. The molecule has 0 saturated heterocycles. The van der Waals surface area contributed by atoms with Crippen LogP contribution in [0.2, 0.25) is 18.1 Å². The molecule has 0 amide bonds. The van der Waals surface area contributed by atoms with Crippen LogP contribution in [0.1, 0.15) is 38.4 Å². The smallest absolute Gasteiger partial charge is 0.303 e. The molecule has 0 aliphatic heterocycles. The minimum atomic E-state index is -1.85. The number of benzene rings is 1. The van der Waals surface area contributed by atoms with Crippen LogP contribution in [-0.4, -0.2) is 29.2 Å². The van der Waals surface area contributed by atoms with E-state index in [0.29, 0.717) is 6.42 Å². The molecule has 1 aromatic carbocycles. The molecule has 1 aromatic heterocycles. The number of carboxylic acid groups (broad SMARTS) is 1. The van der Waals surface area contributed by atoms with Crippen LogP contribution in [0.5, 0.6) is 5.75 Å². The third-order valence-corrected chi connectivity index (χ3v) is 9.34. The molecule has 5 nitrogen and oxygen atoms in total. The predicted octanol–water partition coefficient (Wildman–Crippen LogP) is 4.58. The van der Waals surface area contributed by atoms with E-state index in [9.17, 15) is 4.79 Å². The second-order valence-electron chi connectivity index (χ2n) is 7.92. The molecule has 0 fully saturated rings. The molecule has 0 radical (unpaired) electrons. The Hall–Kier alpha value is -2.08. The minimum absolute atomic E-state index is 0.117. The second-order valence-corrected chi connectivity index (χ2v) is 12.6. The monoisotopic (exact) mass is 360 g/mol. The van der Waals surface area contributed by atoms with Gasteiger partial charge in [0.1, 0.15) is 5.75 Å². The molecule has 2 aromatic rings. The summed E-state index contributed by atoms with van der Waals surface area (Å²) in [6, 6.07) is 7.94. The Bertz CT molecular complexity index is 743. The van der Waals surface area contributed by atoms with Crippen molar-refractivity contribution in [1.82, 2.24) is 9.78 Å². The zero-order valence-electron chi connectivity index (χ0n) is 16.0. The van der Waals surface area contributed by atoms with Crippen molar-refractivity contribution in [2.45, 2.75) is 58.7 Å². The average Bonchev–Trinajstić information content (AvgIpc) is 2.85. The average molecular weight is 361 g/mol. The second kappa shape index (κ2) is 7.04.